The first-order chi connectivity index (χ1) is 13.4. The number of ketones is 1. The largest absolute Gasteiger partial charge is 0.341 e. The first kappa shape index (κ1) is 19.6. The Kier molecular flexibility index (Phi) is 6.09. The maximum absolute atomic E-state index is 12.5. The lowest BCUT2D eigenvalue weighted by molar-refractivity contribution is -0.128. The van der Waals surface area contributed by atoms with Crippen LogP contribution in [0.3, 0.4) is 0 Å². The summed E-state index contributed by atoms with van der Waals surface area (Å²) >= 11 is 0. The fraction of sp³-hybridized carbons (Fsp3) is 0.318. The molecule has 2 aromatic carbocycles. The van der Waals surface area contributed by atoms with Crippen molar-refractivity contribution < 1.29 is 14.4 Å². The quantitative estimate of drug-likeness (QED) is 0.828. The summed E-state index contributed by atoms with van der Waals surface area (Å²) in [5.74, 6) is 0.0817. The van der Waals surface area contributed by atoms with Gasteiger partial charge in [-0.3, -0.25) is 9.59 Å². The van der Waals surface area contributed by atoms with Crippen LogP contribution in [0.5, 0.6) is 0 Å². The van der Waals surface area contributed by atoms with E-state index in [0.717, 1.165) is 17.5 Å². The van der Waals surface area contributed by atoms with E-state index >= 15 is 0 Å². The molecule has 28 heavy (non-hydrogen) atoms. The highest BCUT2D eigenvalue weighted by Crippen LogP contribution is 2.23. The first-order valence-corrected chi connectivity index (χ1v) is 9.47. The number of carbonyl (C=O) groups is 3. The Bertz CT molecular complexity index is 877. The minimum absolute atomic E-state index is 0.0338. The van der Waals surface area contributed by atoms with Gasteiger partial charge in [0.2, 0.25) is 5.91 Å². The summed E-state index contributed by atoms with van der Waals surface area (Å²) in [6.07, 6.45) is 0.776. The van der Waals surface area contributed by atoms with Crippen molar-refractivity contribution in [2.75, 3.05) is 31.5 Å². The third-order valence-corrected chi connectivity index (χ3v) is 4.97. The zero-order valence-corrected chi connectivity index (χ0v) is 16.3. The number of urea groups is 1. The highest BCUT2D eigenvalue weighted by atomic mass is 16.2. The smallest absolute Gasteiger partial charge is 0.321 e. The number of nitrogens with zero attached hydrogens (tertiary/aromatic N) is 2. The molecule has 1 fully saturated rings. The third-order valence-electron chi connectivity index (χ3n) is 4.97. The molecule has 1 saturated heterocycles. The van der Waals surface area contributed by atoms with Crippen LogP contribution >= 0.6 is 0 Å². The van der Waals surface area contributed by atoms with Gasteiger partial charge in [0.05, 0.1) is 0 Å². The van der Waals surface area contributed by atoms with E-state index in [4.69, 9.17) is 0 Å². The molecular formula is C22H25N3O3. The fourth-order valence-corrected chi connectivity index (χ4v) is 3.30. The lowest BCUT2D eigenvalue weighted by Crippen LogP contribution is -2.38. The number of hydrogen-bond donors (Lipinski definition) is 1. The SMILES string of the molecule is CC(=O)c1cccc(-c2ccc(NC(=O)N3CCCN(C(C)=O)CC3)cc2)c1. The summed E-state index contributed by atoms with van der Waals surface area (Å²) in [5.41, 5.74) is 3.33. The van der Waals surface area contributed by atoms with Gasteiger partial charge in [-0.15, -0.1) is 0 Å². The minimum Gasteiger partial charge on any atom is -0.341 e. The normalized spacial score (nSPS) is 14.4. The molecule has 0 unspecified atom stereocenters. The van der Waals surface area contributed by atoms with E-state index in [1.165, 1.54) is 0 Å². The topological polar surface area (TPSA) is 69.7 Å². The number of rotatable bonds is 3. The van der Waals surface area contributed by atoms with Crippen LogP contribution in [0.4, 0.5) is 10.5 Å². The van der Waals surface area contributed by atoms with Crippen LogP contribution in [-0.2, 0) is 4.79 Å². The Balaban J connectivity index is 1.64. The maximum Gasteiger partial charge on any atom is 0.321 e. The van der Waals surface area contributed by atoms with Gasteiger partial charge < -0.3 is 15.1 Å². The monoisotopic (exact) mass is 379 g/mol. The van der Waals surface area contributed by atoms with Crippen LogP contribution in [0, 0.1) is 0 Å². The van der Waals surface area contributed by atoms with Crippen LogP contribution in [0.25, 0.3) is 11.1 Å². The molecule has 0 radical (unpaired) electrons. The molecule has 0 atom stereocenters. The number of anilines is 1. The second-order valence-corrected chi connectivity index (χ2v) is 6.99. The third kappa shape index (κ3) is 4.76. The van der Waals surface area contributed by atoms with Crippen molar-refractivity contribution in [2.24, 2.45) is 0 Å². The molecule has 6 heteroatoms. The Morgan fingerprint density at radius 3 is 2.18 bits per heavy atom. The molecular weight excluding hydrogens is 354 g/mol. The van der Waals surface area contributed by atoms with Gasteiger partial charge in [-0.05, 0) is 42.7 Å². The van der Waals surface area contributed by atoms with Gasteiger partial charge in [0, 0.05) is 44.4 Å². The van der Waals surface area contributed by atoms with Crippen LogP contribution in [0.15, 0.2) is 48.5 Å². The fourth-order valence-electron chi connectivity index (χ4n) is 3.30. The van der Waals surface area contributed by atoms with E-state index in [1.54, 1.807) is 29.7 Å². The molecule has 1 N–H and O–H groups in total. The molecule has 1 aliphatic heterocycles. The molecule has 0 aromatic heterocycles. The second kappa shape index (κ2) is 8.69. The summed E-state index contributed by atoms with van der Waals surface area (Å²) in [7, 11) is 0. The highest BCUT2D eigenvalue weighted by molar-refractivity contribution is 5.95. The summed E-state index contributed by atoms with van der Waals surface area (Å²) in [5, 5.41) is 2.92. The van der Waals surface area contributed by atoms with Crippen molar-refractivity contribution in [3.05, 3.63) is 54.1 Å². The number of carbonyl (C=O) groups excluding carboxylic acids is 3. The number of nitrogens with one attached hydrogen (secondary N) is 1. The molecule has 2 aromatic rings. The molecule has 0 aliphatic carbocycles. The molecule has 146 valence electrons. The van der Waals surface area contributed by atoms with E-state index in [1.807, 2.05) is 42.5 Å². The predicted octanol–water partition coefficient (Wildman–Crippen LogP) is 3.64. The summed E-state index contributed by atoms with van der Waals surface area (Å²) in [6, 6.07) is 14.9. The lowest BCUT2D eigenvalue weighted by atomic mass is 10.0. The lowest BCUT2D eigenvalue weighted by Gasteiger charge is -2.21. The van der Waals surface area contributed by atoms with E-state index in [2.05, 4.69) is 5.32 Å². The molecule has 3 amide bonds. The second-order valence-electron chi connectivity index (χ2n) is 6.99. The van der Waals surface area contributed by atoms with Gasteiger partial charge in [0.25, 0.3) is 0 Å². The van der Waals surface area contributed by atoms with Crippen LogP contribution < -0.4 is 5.32 Å². The summed E-state index contributed by atoms with van der Waals surface area (Å²) in [4.78, 5) is 39.1. The molecule has 0 spiro atoms. The van der Waals surface area contributed by atoms with Gasteiger partial charge in [-0.1, -0.05) is 30.3 Å². The van der Waals surface area contributed by atoms with Crippen molar-refractivity contribution in [2.45, 2.75) is 20.3 Å². The van der Waals surface area contributed by atoms with E-state index in [-0.39, 0.29) is 17.7 Å². The zero-order chi connectivity index (χ0) is 20.1. The van der Waals surface area contributed by atoms with Gasteiger partial charge in [0.1, 0.15) is 0 Å². The maximum atomic E-state index is 12.5. The van der Waals surface area contributed by atoms with Crippen molar-refractivity contribution in [3.8, 4) is 11.1 Å². The Morgan fingerprint density at radius 2 is 1.50 bits per heavy atom. The first-order valence-electron chi connectivity index (χ1n) is 9.47. The number of benzene rings is 2. The average molecular weight is 379 g/mol. The van der Waals surface area contributed by atoms with Crippen molar-refractivity contribution in [3.63, 3.8) is 0 Å². The standard InChI is InChI=1S/C22H25N3O3/c1-16(26)19-5-3-6-20(15-19)18-7-9-21(10-8-18)23-22(28)25-12-4-11-24(13-14-25)17(2)27/h3,5-10,15H,4,11-14H2,1-2H3,(H,23,28). The van der Waals surface area contributed by atoms with E-state index in [9.17, 15) is 14.4 Å². The molecule has 1 aliphatic rings. The van der Waals surface area contributed by atoms with E-state index < -0.39 is 0 Å². The van der Waals surface area contributed by atoms with Crippen LogP contribution in [0.2, 0.25) is 0 Å². The van der Waals surface area contributed by atoms with Crippen LogP contribution in [-0.4, -0.2) is 53.7 Å². The van der Waals surface area contributed by atoms with Crippen molar-refractivity contribution >= 4 is 23.4 Å². The highest BCUT2D eigenvalue weighted by Gasteiger charge is 2.20. The van der Waals surface area contributed by atoms with Crippen molar-refractivity contribution in [1.82, 2.24) is 9.80 Å². The number of amides is 3. The zero-order valence-electron chi connectivity index (χ0n) is 16.3. The van der Waals surface area contributed by atoms with Crippen molar-refractivity contribution in [1.29, 1.82) is 0 Å². The van der Waals surface area contributed by atoms with Crippen LogP contribution in [0.1, 0.15) is 30.6 Å². The van der Waals surface area contributed by atoms with E-state index in [0.29, 0.717) is 37.4 Å². The average Bonchev–Trinajstić information content (AvgIpc) is 2.95. The molecule has 0 saturated carbocycles. The van der Waals surface area contributed by atoms with Gasteiger partial charge in [0.15, 0.2) is 5.78 Å². The molecule has 6 nitrogen and oxygen atoms in total. The molecule has 1 heterocycles. The Labute approximate surface area is 165 Å². The molecule has 0 bridgehead atoms. The summed E-state index contributed by atoms with van der Waals surface area (Å²) in [6.45, 7) is 5.52. The van der Waals surface area contributed by atoms with Gasteiger partial charge in [-0.25, -0.2) is 4.79 Å². The van der Waals surface area contributed by atoms with Gasteiger partial charge >= 0.3 is 6.03 Å². The Hall–Kier alpha value is -3.15. The molecule has 3 rings (SSSR count). The van der Waals surface area contributed by atoms with Gasteiger partial charge in [-0.2, -0.15) is 0 Å². The summed E-state index contributed by atoms with van der Waals surface area (Å²) < 4.78 is 0. The number of hydrogen-bond acceptors (Lipinski definition) is 3. The number of Topliss-reactive ketones (excluding diaryl/α,β-unsaturated/α-hetero) is 1. The minimum atomic E-state index is -0.156. The Morgan fingerprint density at radius 1 is 0.821 bits per heavy atom. The predicted molar refractivity (Wildman–Crippen MR) is 109 cm³/mol.